The molecule has 0 radical (unpaired) electrons. The van der Waals surface area contributed by atoms with Crippen LogP contribution < -0.4 is 10.3 Å². The number of aliphatic hydroxyl groups is 1. The van der Waals surface area contributed by atoms with Crippen LogP contribution in [-0.4, -0.2) is 36.1 Å². The van der Waals surface area contributed by atoms with Crippen molar-refractivity contribution >= 4 is 21.6 Å². The van der Waals surface area contributed by atoms with Crippen LogP contribution in [0, 0.1) is 17.0 Å². The van der Waals surface area contributed by atoms with E-state index in [1.54, 1.807) is 0 Å². The fraction of sp³-hybridized carbons (Fsp3) is 0.417. The van der Waals surface area contributed by atoms with Crippen molar-refractivity contribution in [2.24, 2.45) is 0 Å². The van der Waals surface area contributed by atoms with E-state index in [-0.39, 0.29) is 5.56 Å². The predicted molar refractivity (Wildman–Crippen MR) is 77.6 cm³/mol. The maximum atomic E-state index is 12.5. The number of hydrogen-bond acceptors (Lipinski definition) is 6. The van der Waals surface area contributed by atoms with Crippen molar-refractivity contribution in [3.63, 3.8) is 0 Å². The number of carbonyl (C=O) groups excluding carboxylic acids is 1. The number of rotatable bonds is 6. The van der Waals surface area contributed by atoms with Gasteiger partial charge in [-0.25, -0.2) is 8.42 Å². The zero-order chi connectivity index (χ0) is 19.6. The average Bonchev–Trinajstić information content (AvgIpc) is 2.43. The van der Waals surface area contributed by atoms with Gasteiger partial charge in [-0.1, -0.05) is 6.07 Å². The van der Waals surface area contributed by atoms with E-state index in [2.05, 4.69) is 0 Å². The zero-order valence-electron chi connectivity index (χ0n) is 12.9. The number of sulfonamides is 1. The summed E-state index contributed by atoms with van der Waals surface area (Å²) in [7, 11) is -4.47. The first kappa shape index (κ1) is 20.8. The van der Waals surface area contributed by atoms with Crippen LogP contribution >= 0.6 is 0 Å². The van der Waals surface area contributed by atoms with E-state index in [1.165, 1.54) is 17.2 Å². The summed E-state index contributed by atoms with van der Waals surface area (Å²) < 4.78 is 61.3. The van der Waals surface area contributed by atoms with E-state index >= 15 is 0 Å². The second kappa shape index (κ2) is 6.93. The van der Waals surface area contributed by atoms with Crippen LogP contribution in [0.3, 0.4) is 0 Å². The standard InChI is InChI=1S/C12H14F3N3O6S/c1-7-3-4-8(5-9(7)18(21)22)25(23,24)17-16-10(19)6-11(2,20)12(13,14)15/h3-5,17,20H,6H2,1-2H3,(H,16,19)/t11-/m1/s1. The lowest BCUT2D eigenvalue weighted by molar-refractivity contribution is -0.385. The lowest BCUT2D eigenvalue weighted by atomic mass is 10.0. The highest BCUT2D eigenvalue weighted by atomic mass is 32.2. The lowest BCUT2D eigenvalue weighted by Crippen LogP contribution is -2.49. The number of amides is 1. The quantitative estimate of drug-likeness (QED) is 0.492. The summed E-state index contributed by atoms with van der Waals surface area (Å²) in [5.41, 5.74) is -2.15. The normalized spacial score (nSPS) is 14.6. The van der Waals surface area contributed by atoms with Crippen molar-refractivity contribution in [1.82, 2.24) is 10.3 Å². The molecule has 0 saturated carbocycles. The number of hydrogen-bond donors (Lipinski definition) is 3. The summed E-state index contributed by atoms with van der Waals surface area (Å²) in [6, 6.07) is 2.90. The summed E-state index contributed by atoms with van der Waals surface area (Å²) in [6.07, 6.45) is -6.55. The third-order valence-electron chi connectivity index (χ3n) is 3.13. The average molecular weight is 385 g/mol. The maximum absolute atomic E-state index is 12.5. The Morgan fingerprint density at radius 2 is 1.92 bits per heavy atom. The Morgan fingerprint density at radius 3 is 2.40 bits per heavy atom. The summed E-state index contributed by atoms with van der Waals surface area (Å²) >= 11 is 0. The van der Waals surface area contributed by atoms with Crippen LogP contribution in [0.4, 0.5) is 18.9 Å². The van der Waals surface area contributed by atoms with Crippen LogP contribution in [0.2, 0.25) is 0 Å². The summed E-state index contributed by atoms with van der Waals surface area (Å²) in [6.45, 7) is 1.73. The van der Waals surface area contributed by atoms with Gasteiger partial charge in [0.05, 0.1) is 16.2 Å². The first-order chi connectivity index (χ1) is 11.2. The van der Waals surface area contributed by atoms with Gasteiger partial charge in [0, 0.05) is 11.6 Å². The lowest BCUT2D eigenvalue weighted by Gasteiger charge is -2.25. The van der Waals surface area contributed by atoms with Crippen LogP contribution in [0.15, 0.2) is 23.1 Å². The SMILES string of the molecule is Cc1ccc(S(=O)(=O)NNC(=O)C[C@@](C)(O)C(F)(F)F)cc1[N+](=O)[O-]. The van der Waals surface area contributed by atoms with Crippen molar-refractivity contribution in [2.45, 2.75) is 36.9 Å². The maximum Gasteiger partial charge on any atom is 0.417 e. The van der Waals surface area contributed by atoms with Gasteiger partial charge in [-0.3, -0.25) is 20.3 Å². The number of carbonyl (C=O) groups is 1. The summed E-state index contributed by atoms with van der Waals surface area (Å²) in [4.78, 5) is 22.3. The molecule has 0 aromatic heterocycles. The molecule has 0 unspecified atom stereocenters. The number of hydrazine groups is 1. The number of nitro groups is 1. The molecule has 140 valence electrons. The van der Waals surface area contributed by atoms with Crippen molar-refractivity contribution in [3.8, 4) is 0 Å². The van der Waals surface area contributed by atoms with Gasteiger partial charge >= 0.3 is 6.18 Å². The molecule has 0 spiro atoms. The van der Waals surface area contributed by atoms with E-state index in [0.717, 1.165) is 18.2 Å². The van der Waals surface area contributed by atoms with Crippen molar-refractivity contribution < 1.29 is 36.4 Å². The van der Waals surface area contributed by atoms with Gasteiger partial charge in [0.25, 0.3) is 15.7 Å². The van der Waals surface area contributed by atoms with Crippen LogP contribution in [0.1, 0.15) is 18.9 Å². The van der Waals surface area contributed by atoms with Gasteiger partial charge in [-0.15, -0.1) is 4.83 Å². The number of alkyl halides is 3. The Labute approximate surface area is 140 Å². The van der Waals surface area contributed by atoms with E-state index in [0.29, 0.717) is 6.92 Å². The van der Waals surface area contributed by atoms with Gasteiger partial charge in [-0.05, 0) is 19.9 Å². The molecule has 1 aromatic rings. The van der Waals surface area contributed by atoms with Crippen LogP contribution in [-0.2, 0) is 14.8 Å². The first-order valence-electron chi connectivity index (χ1n) is 6.52. The Morgan fingerprint density at radius 1 is 1.36 bits per heavy atom. The molecule has 0 heterocycles. The molecule has 1 atom stereocenters. The highest BCUT2D eigenvalue weighted by molar-refractivity contribution is 7.89. The van der Waals surface area contributed by atoms with Crippen molar-refractivity contribution in [1.29, 1.82) is 0 Å². The number of halogens is 3. The minimum atomic E-state index is -5.10. The predicted octanol–water partition coefficient (Wildman–Crippen LogP) is 0.916. The van der Waals surface area contributed by atoms with Gasteiger partial charge < -0.3 is 5.11 Å². The Balaban J connectivity index is 2.88. The Kier molecular flexibility index (Phi) is 5.77. The minimum absolute atomic E-state index is 0.189. The number of aryl methyl sites for hydroxylation is 1. The summed E-state index contributed by atoms with van der Waals surface area (Å²) in [5.74, 6) is -1.45. The molecule has 25 heavy (non-hydrogen) atoms. The van der Waals surface area contributed by atoms with E-state index in [4.69, 9.17) is 5.11 Å². The third kappa shape index (κ3) is 5.11. The molecule has 0 aliphatic rings. The molecule has 0 saturated heterocycles. The molecular weight excluding hydrogens is 371 g/mol. The second-order valence-electron chi connectivity index (χ2n) is 5.31. The van der Waals surface area contributed by atoms with Crippen LogP contribution in [0.25, 0.3) is 0 Å². The monoisotopic (exact) mass is 385 g/mol. The highest BCUT2D eigenvalue weighted by Crippen LogP contribution is 2.32. The molecule has 1 amide bonds. The van der Waals surface area contributed by atoms with Crippen molar-refractivity contribution in [3.05, 3.63) is 33.9 Å². The van der Waals surface area contributed by atoms with Gasteiger partial charge in [0.1, 0.15) is 0 Å². The number of nitro benzene ring substituents is 1. The van der Waals surface area contributed by atoms with Crippen molar-refractivity contribution in [2.75, 3.05) is 0 Å². The zero-order valence-corrected chi connectivity index (χ0v) is 13.7. The smallest absolute Gasteiger partial charge is 0.380 e. The number of nitrogens with one attached hydrogen (secondary N) is 2. The number of benzene rings is 1. The van der Waals surface area contributed by atoms with E-state index in [1.807, 2.05) is 0 Å². The van der Waals surface area contributed by atoms with Crippen LogP contribution in [0.5, 0.6) is 0 Å². The van der Waals surface area contributed by atoms with E-state index in [9.17, 15) is 36.5 Å². The molecule has 1 rings (SSSR count). The first-order valence-corrected chi connectivity index (χ1v) is 8.00. The Hall–Kier alpha value is -2.25. The van der Waals surface area contributed by atoms with E-state index < -0.39 is 49.6 Å². The van der Waals surface area contributed by atoms with Gasteiger partial charge in [-0.2, -0.15) is 13.2 Å². The molecule has 1 aromatic carbocycles. The molecule has 3 N–H and O–H groups in total. The number of nitrogens with zero attached hydrogens (tertiary/aromatic N) is 1. The minimum Gasteiger partial charge on any atom is -0.380 e. The fourth-order valence-corrected chi connectivity index (χ4v) is 2.47. The fourth-order valence-electron chi connectivity index (χ4n) is 1.59. The topological polar surface area (TPSA) is 139 Å². The molecule has 13 heteroatoms. The van der Waals surface area contributed by atoms with Gasteiger partial charge in [0.2, 0.25) is 5.91 Å². The third-order valence-corrected chi connectivity index (χ3v) is 4.37. The molecule has 9 nitrogen and oxygen atoms in total. The van der Waals surface area contributed by atoms with Gasteiger partial charge in [0.15, 0.2) is 5.60 Å². The molecule has 0 bridgehead atoms. The Bertz CT molecular complexity index is 792. The molecule has 0 fully saturated rings. The molecule has 0 aliphatic heterocycles. The largest absolute Gasteiger partial charge is 0.417 e. The molecule has 0 aliphatic carbocycles. The highest BCUT2D eigenvalue weighted by Gasteiger charge is 2.51. The second-order valence-corrected chi connectivity index (χ2v) is 6.99. The molecular formula is C12H14F3N3O6S. The summed E-state index contributed by atoms with van der Waals surface area (Å²) in [5, 5.41) is 20.0.